The number of ether oxygens (including phenoxy) is 1. The summed E-state index contributed by atoms with van der Waals surface area (Å²) in [5, 5.41) is 13.3. The van der Waals surface area contributed by atoms with Gasteiger partial charge >= 0.3 is 0 Å². The smallest absolute Gasteiger partial charge is 0.254 e. The number of amides is 1. The summed E-state index contributed by atoms with van der Waals surface area (Å²) in [5.41, 5.74) is 1.54. The first kappa shape index (κ1) is 20.3. The number of carbonyl (C=O) groups is 1. The van der Waals surface area contributed by atoms with Crippen molar-refractivity contribution in [1.82, 2.24) is 14.9 Å². The maximum Gasteiger partial charge on any atom is 0.254 e. The molecule has 1 aliphatic heterocycles. The van der Waals surface area contributed by atoms with Crippen LogP contribution in [0.2, 0.25) is 0 Å². The van der Waals surface area contributed by atoms with Crippen molar-refractivity contribution in [3.8, 4) is 5.75 Å². The second-order valence-electron chi connectivity index (χ2n) is 8.12. The zero-order valence-electron chi connectivity index (χ0n) is 17.5. The average molecular weight is 431 g/mol. The van der Waals surface area contributed by atoms with Gasteiger partial charge in [0, 0.05) is 47.9 Å². The Labute approximate surface area is 184 Å². The van der Waals surface area contributed by atoms with Crippen molar-refractivity contribution in [2.45, 2.75) is 25.6 Å². The number of aliphatic hydroxyl groups is 1. The highest BCUT2D eigenvalue weighted by Crippen LogP contribution is 2.26. The number of pyridine rings is 2. The molecule has 6 nitrogen and oxygen atoms in total. The maximum absolute atomic E-state index is 13.6. The molecule has 2 atom stereocenters. The number of carbonyl (C=O) groups excluding carboxylic acids is 1. The van der Waals surface area contributed by atoms with Crippen LogP contribution in [0.15, 0.2) is 60.9 Å². The van der Waals surface area contributed by atoms with E-state index in [1.165, 1.54) is 12.1 Å². The quantitative estimate of drug-likeness (QED) is 0.533. The monoisotopic (exact) mass is 431 g/mol. The minimum Gasteiger partial charge on any atom is -0.488 e. The predicted octanol–water partition coefficient (Wildman–Crippen LogP) is 3.88. The molecule has 1 amide bonds. The van der Waals surface area contributed by atoms with Gasteiger partial charge in [-0.1, -0.05) is 6.07 Å². The number of halogens is 1. The van der Waals surface area contributed by atoms with E-state index in [9.17, 15) is 14.3 Å². The molecule has 2 aromatic heterocycles. The highest BCUT2D eigenvalue weighted by Gasteiger charge is 2.32. The van der Waals surface area contributed by atoms with Gasteiger partial charge in [-0.25, -0.2) is 4.39 Å². The summed E-state index contributed by atoms with van der Waals surface area (Å²) in [5.74, 6) is 0.0559. The molecule has 0 spiro atoms. The number of hydrogen-bond donors (Lipinski definition) is 1. The van der Waals surface area contributed by atoms with Crippen LogP contribution < -0.4 is 4.74 Å². The molecule has 7 heteroatoms. The molecule has 3 heterocycles. The van der Waals surface area contributed by atoms with Crippen LogP contribution >= 0.6 is 0 Å². The molecule has 0 bridgehead atoms. The van der Waals surface area contributed by atoms with Gasteiger partial charge in [0.2, 0.25) is 0 Å². The Kier molecular flexibility index (Phi) is 5.19. The van der Waals surface area contributed by atoms with Crippen LogP contribution in [0.1, 0.15) is 22.5 Å². The van der Waals surface area contributed by atoms with Gasteiger partial charge in [-0.15, -0.1) is 0 Å². The van der Waals surface area contributed by atoms with E-state index >= 15 is 0 Å². The molecule has 5 rings (SSSR count). The fourth-order valence-electron chi connectivity index (χ4n) is 4.22. The second-order valence-corrected chi connectivity index (χ2v) is 8.12. The molecule has 1 fully saturated rings. The standard InChI is InChI=1S/C25H22FN3O3/c1-15-10-21(20-5-3-18(26)12-22(20)28-15)25(31)29-9-7-24(23(30)14-29)32-19-4-2-16-6-8-27-13-17(16)11-19/h2-6,8,10-13,23-24,30H,7,9,14H2,1H3/t23-,24-/m1/s1. The van der Waals surface area contributed by atoms with Crippen LogP contribution in [0.3, 0.4) is 0 Å². The van der Waals surface area contributed by atoms with Crippen molar-refractivity contribution in [1.29, 1.82) is 0 Å². The van der Waals surface area contributed by atoms with Crippen molar-refractivity contribution in [3.63, 3.8) is 0 Å². The van der Waals surface area contributed by atoms with Crippen LogP contribution in [0, 0.1) is 12.7 Å². The number of fused-ring (bicyclic) bond motifs is 2. The van der Waals surface area contributed by atoms with E-state index in [1.54, 1.807) is 36.4 Å². The molecule has 0 radical (unpaired) electrons. The van der Waals surface area contributed by atoms with Gasteiger partial charge in [0.15, 0.2) is 0 Å². The predicted molar refractivity (Wildman–Crippen MR) is 119 cm³/mol. The number of nitrogens with zero attached hydrogens (tertiary/aromatic N) is 3. The zero-order chi connectivity index (χ0) is 22.2. The Morgan fingerprint density at radius 1 is 1.16 bits per heavy atom. The number of rotatable bonds is 3. The molecule has 0 unspecified atom stereocenters. The zero-order valence-corrected chi connectivity index (χ0v) is 17.5. The fraction of sp³-hybridized carbons (Fsp3) is 0.240. The lowest BCUT2D eigenvalue weighted by Gasteiger charge is -2.36. The Hall–Kier alpha value is -3.58. The van der Waals surface area contributed by atoms with Gasteiger partial charge in [-0.3, -0.25) is 14.8 Å². The van der Waals surface area contributed by atoms with Gasteiger partial charge in [0.25, 0.3) is 5.91 Å². The van der Waals surface area contributed by atoms with E-state index in [0.717, 1.165) is 10.8 Å². The van der Waals surface area contributed by atoms with E-state index < -0.39 is 18.0 Å². The number of benzene rings is 2. The molecule has 32 heavy (non-hydrogen) atoms. The van der Waals surface area contributed by atoms with Crippen LogP contribution in [-0.2, 0) is 0 Å². The molecule has 0 aliphatic carbocycles. The molecule has 0 saturated carbocycles. The Morgan fingerprint density at radius 2 is 2.03 bits per heavy atom. The number of piperidine rings is 1. The third-order valence-corrected chi connectivity index (χ3v) is 5.84. The molecule has 1 aliphatic rings. The van der Waals surface area contributed by atoms with Crippen LogP contribution in [0.4, 0.5) is 4.39 Å². The Morgan fingerprint density at radius 3 is 2.88 bits per heavy atom. The number of aryl methyl sites for hydroxylation is 1. The summed E-state index contributed by atoms with van der Waals surface area (Å²) in [6.07, 6.45) is 2.76. The average Bonchev–Trinajstić information content (AvgIpc) is 2.79. The van der Waals surface area contributed by atoms with Crippen molar-refractivity contribution >= 4 is 27.6 Å². The van der Waals surface area contributed by atoms with Gasteiger partial charge in [-0.05, 0) is 48.7 Å². The summed E-state index contributed by atoms with van der Waals surface area (Å²) < 4.78 is 19.7. The SMILES string of the molecule is Cc1cc(C(=O)N2CC[C@@H](Oc3ccc4ccncc4c3)[C@H](O)C2)c2ccc(F)cc2n1. The third-order valence-electron chi connectivity index (χ3n) is 5.84. The first-order valence-electron chi connectivity index (χ1n) is 10.5. The molecule has 4 aromatic rings. The van der Waals surface area contributed by atoms with Gasteiger partial charge in [0.05, 0.1) is 17.6 Å². The van der Waals surface area contributed by atoms with Crippen LogP contribution in [0.5, 0.6) is 5.75 Å². The summed E-state index contributed by atoms with van der Waals surface area (Å²) >= 11 is 0. The maximum atomic E-state index is 13.6. The minimum atomic E-state index is -0.830. The lowest BCUT2D eigenvalue weighted by atomic mass is 10.0. The van der Waals surface area contributed by atoms with E-state index in [4.69, 9.17) is 4.74 Å². The molecular formula is C25H22FN3O3. The summed E-state index contributed by atoms with van der Waals surface area (Å²) in [7, 11) is 0. The van der Waals surface area contributed by atoms with Gasteiger partial charge < -0.3 is 14.7 Å². The van der Waals surface area contributed by atoms with Gasteiger partial charge in [0.1, 0.15) is 23.8 Å². The number of likely N-dealkylation sites (tertiary alicyclic amines) is 1. The molecular weight excluding hydrogens is 409 g/mol. The molecule has 2 aromatic carbocycles. The van der Waals surface area contributed by atoms with E-state index in [2.05, 4.69) is 9.97 Å². The largest absolute Gasteiger partial charge is 0.488 e. The topological polar surface area (TPSA) is 75.6 Å². The minimum absolute atomic E-state index is 0.155. The van der Waals surface area contributed by atoms with E-state index in [-0.39, 0.29) is 12.5 Å². The normalized spacial score (nSPS) is 18.8. The molecule has 1 N–H and O–H groups in total. The van der Waals surface area contributed by atoms with E-state index in [1.807, 2.05) is 24.3 Å². The fourth-order valence-corrected chi connectivity index (χ4v) is 4.22. The van der Waals surface area contributed by atoms with E-state index in [0.29, 0.717) is 40.9 Å². The highest BCUT2D eigenvalue weighted by molar-refractivity contribution is 6.06. The third kappa shape index (κ3) is 3.87. The summed E-state index contributed by atoms with van der Waals surface area (Å²) in [6, 6.07) is 13.6. The second kappa shape index (κ2) is 8.16. The first-order valence-corrected chi connectivity index (χ1v) is 10.5. The lowest BCUT2D eigenvalue weighted by molar-refractivity contribution is -0.0197. The number of β-amino-alcohol motifs (C(OH)–C–C–N with tert-alkyl or cyclic N) is 1. The van der Waals surface area contributed by atoms with Gasteiger partial charge in [-0.2, -0.15) is 0 Å². The van der Waals surface area contributed by atoms with Crippen molar-refractivity contribution in [2.75, 3.05) is 13.1 Å². The highest BCUT2D eigenvalue weighted by atomic mass is 19.1. The lowest BCUT2D eigenvalue weighted by Crippen LogP contribution is -2.51. The number of aliphatic hydroxyl groups excluding tert-OH is 1. The Balaban J connectivity index is 1.33. The van der Waals surface area contributed by atoms with Crippen molar-refractivity contribution in [3.05, 3.63) is 78.0 Å². The van der Waals surface area contributed by atoms with Crippen molar-refractivity contribution in [2.24, 2.45) is 0 Å². The Bertz CT molecular complexity index is 1320. The van der Waals surface area contributed by atoms with Crippen LogP contribution in [0.25, 0.3) is 21.7 Å². The van der Waals surface area contributed by atoms with Crippen LogP contribution in [-0.4, -0.2) is 51.2 Å². The molecule has 162 valence electrons. The first-order chi connectivity index (χ1) is 15.5. The molecule has 1 saturated heterocycles. The summed E-state index contributed by atoms with van der Waals surface area (Å²) in [6.45, 7) is 2.37. The number of aromatic nitrogens is 2. The summed E-state index contributed by atoms with van der Waals surface area (Å²) in [4.78, 5) is 23.3. The number of hydrogen-bond acceptors (Lipinski definition) is 5. The van der Waals surface area contributed by atoms with Crippen molar-refractivity contribution < 1.29 is 19.0 Å².